The Balaban J connectivity index is 1.33. The van der Waals surface area contributed by atoms with Crippen molar-refractivity contribution in [1.82, 2.24) is 29.3 Å². The molecule has 3 aromatic rings. The Labute approximate surface area is 220 Å². The summed E-state index contributed by atoms with van der Waals surface area (Å²) in [6, 6.07) is 7.34. The van der Waals surface area contributed by atoms with Crippen LogP contribution in [0.1, 0.15) is 39.0 Å². The number of nitrogens with zero attached hydrogens (tertiary/aromatic N) is 6. The molecule has 12 nitrogen and oxygen atoms in total. The van der Waals surface area contributed by atoms with Crippen LogP contribution in [0.3, 0.4) is 0 Å². The van der Waals surface area contributed by atoms with E-state index in [1.165, 1.54) is 6.92 Å². The van der Waals surface area contributed by atoms with Crippen molar-refractivity contribution in [2.75, 3.05) is 48.7 Å². The monoisotopic (exact) mass is 519 g/mol. The smallest absolute Gasteiger partial charge is 0.226 e. The number of hydrogen-bond donors (Lipinski definition) is 3. The zero-order chi connectivity index (χ0) is 26.5. The van der Waals surface area contributed by atoms with Crippen molar-refractivity contribution < 1.29 is 14.4 Å². The van der Waals surface area contributed by atoms with E-state index in [1.54, 1.807) is 6.33 Å². The molecule has 4 heterocycles. The number of carbonyl (C=O) groups excluding carboxylic acids is 3. The van der Waals surface area contributed by atoms with Crippen LogP contribution in [0.4, 0.5) is 23.1 Å². The van der Waals surface area contributed by atoms with Crippen molar-refractivity contribution in [2.45, 2.75) is 45.6 Å². The first kappa shape index (κ1) is 25.4. The first-order chi connectivity index (χ1) is 18.5. The van der Waals surface area contributed by atoms with Crippen molar-refractivity contribution in [3.63, 3.8) is 0 Å². The van der Waals surface area contributed by atoms with Gasteiger partial charge in [0.2, 0.25) is 23.7 Å². The van der Waals surface area contributed by atoms with E-state index in [9.17, 15) is 14.4 Å². The van der Waals surface area contributed by atoms with E-state index in [0.29, 0.717) is 67.6 Å². The quantitative estimate of drug-likeness (QED) is 0.329. The summed E-state index contributed by atoms with van der Waals surface area (Å²) in [7, 11) is 0. The second-order valence-corrected chi connectivity index (χ2v) is 9.64. The first-order valence-electron chi connectivity index (χ1n) is 13.1. The summed E-state index contributed by atoms with van der Waals surface area (Å²) in [5.74, 6) is 1.29. The van der Waals surface area contributed by atoms with Crippen molar-refractivity contribution in [3.05, 3.63) is 30.6 Å². The summed E-state index contributed by atoms with van der Waals surface area (Å²) in [6.45, 7) is 5.60. The van der Waals surface area contributed by atoms with E-state index in [2.05, 4.69) is 20.9 Å². The highest BCUT2D eigenvalue weighted by Gasteiger charge is 2.21. The second kappa shape index (κ2) is 11.4. The number of imidazole rings is 1. The van der Waals surface area contributed by atoms with Crippen LogP contribution in [0.5, 0.6) is 0 Å². The lowest BCUT2D eigenvalue weighted by molar-refractivity contribution is -0.128. The van der Waals surface area contributed by atoms with Gasteiger partial charge in [-0.2, -0.15) is 9.97 Å². The summed E-state index contributed by atoms with van der Waals surface area (Å²) in [5.41, 5.74) is 2.78. The SMILES string of the molecule is CC(=O)Nc1ccc(Nc2nc(NCCCN3CCCC3=O)nc3c2ncn3CCN2CCCC2=O)cc1. The Bertz CT molecular complexity index is 1320. The van der Waals surface area contributed by atoms with E-state index >= 15 is 0 Å². The number of aromatic nitrogens is 4. The third-order valence-electron chi connectivity index (χ3n) is 6.77. The van der Waals surface area contributed by atoms with Gasteiger partial charge in [0.15, 0.2) is 17.0 Å². The number of fused-ring (bicyclic) bond motifs is 1. The summed E-state index contributed by atoms with van der Waals surface area (Å²) in [4.78, 5) is 53.1. The molecule has 1 aromatic carbocycles. The average molecular weight is 520 g/mol. The van der Waals surface area contributed by atoms with Crippen molar-refractivity contribution in [2.24, 2.45) is 0 Å². The molecule has 200 valence electrons. The van der Waals surface area contributed by atoms with Crippen LogP contribution in [0.2, 0.25) is 0 Å². The van der Waals surface area contributed by atoms with Gasteiger partial charge >= 0.3 is 0 Å². The molecule has 0 aliphatic carbocycles. The van der Waals surface area contributed by atoms with Gasteiger partial charge in [-0.1, -0.05) is 0 Å². The molecule has 38 heavy (non-hydrogen) atoms. The maximum Gasteiger partial charge on any atom is 0.226 e. The highest BCUT2D eigenvalue weighted by molar-refractivity contribution is 5.89. The van der Waals surface area contributed by atoms with E-state index in [-0.39, 0.29) is 17.7 Å². The maximum absolute atomic E-state index is 12.1. The lowest BCUT2D eigenvalue weighted by Gasteiger charge is -2.16. The molecule has 0 unspecified atom stereocenters. The molecule has 2 aliphatic heterocycles. The molecule has 0 radical (unpaired) electrons. The second-order valence-electron chi connectivity index (χ2n) is 9.64. The largest absolute Gasteiger partial charge is 0.354 e. The Morgan fingerprint density at radius 3 is 2.26 bits per heavy atom. The first-order valence-corrected chi connectivity index (χ1v) is 13.1. The van der Waals surface area contributed by atoms with Crippen LogP contribution in [-0.4, -0.2) is 79.8 Å². The van der Waals surface area contributed by atoms with Gasteiger partial charge < -0.3 is 30.3 Å². The zero-order valence-corrected chi connectivity index (χ0v) is 21.6. The fraction of sp³-hybridized carbons (Fsp3) is 0.462. The third kappa shape index (κ3) is 6.01. The van der Waals surface area contributed by atoms with Crippen LogP contribution < -0.4 is 16.0 Å². The lowest BCUT2D eigenvalue weighted by Crippen LogP contribution is -2.28. The van der Waals surface area contributed by atoms with Crippen LogP contribution >= 0.6 is 0 Å². The molecule has 0 atom stereocenters. The molecule has 0 saturated carbocycles. The molecule has 0 spiro atoms. The van der Waals surface area contributed by atoms with Gasteiger partial charge in [-0.05, 0) is 43.5 Å². The van der Waals surface area contributed by atoms with E-state index < -0.39 is 0 Å². The van der Waals surface area contributed by atoms with E-state index in [1.807, 2.05) is 38.6 Å². The van der Waals surface area contributed by atoms with Crippen molar-refractivity contribution in [1.29, 1.82) is 0 Å². The van der Waals surface area contributed by atoms with E-state index in [0.717, 1.165) is 38.0 Å². The van der Waals surface area contributed by atoms with Crippen LogP contribution in [-0.2, 0) is 20.9 Å². The minimum atomic E-state index is -0.130. The Kier molecular flexibility index (Phi) is 7.66. The number of likely N-dealkylation sites (tertiary alicyclic amines) is 2. The van der Waals surface area contributed by atoms with Gasteiger partial charge in [0, 0.05) is 70.4 Å². The molecule has 12 heteroatoms. The minimum absolute atomic E-state index is 0.130. The summed E-state index contributed by atoms with van der Waals surface area (Å²) in [5, 5.41) is 9.39. The fourth-order valence-corrected chi connectivity index (χ4v) is 4.83. The minimum Gasteiger partial charge on any atom is -0.354 e. The Hall–Kier alpha value is -4.22. The number of amides is 3. The standard InChI is InChI=1S/C26H33N9O3/c1-18(36)29-19-7-9-20(10-8-19)30-24-23-25(35(17-28-23)16-15-34-13-3-6-22(34)38)32-26(31-24)27-11-4-14-33-12-2-5-21(33)37/h7-10,17H,2-6,11-16H2,1H3,(H,29,36)(H2,27,30,31,32). The van der Waals surface area contributed by atoms with Crippen LogP contribution in [0.15, 0.2) is 30.6 Å². The molecule has 2 fully saturated rings. The summed E-state index contributed by atoms with van der Waals surface area (Å²) in [6.07, 6.45) is 5.60. The van der Waals surface area contributed by atoms with Gasteiger partial charge in [0.05, 0.1) is 6.33 Å². The number of nitrogens with one attached hydrogen (secondary N) is 3. The molecule has 3 amide bonds. The molecule has 2 aliphatic rings. The molecule has 3 N–H and O–H groups in total. The Morgan fingerprint density at radius 1 is 0.921 bits per heavy atom. The number of carbonyl (C=O) groups is 3. The van der Waals surface area contributed by atoms with Crippen LogP contribution in [0.25, 0.3) is 11.2 Å². The van der Waals surface area contributed by atoms with Gasteiger partial charge in [0.1, 0.15) is 0 Å². The topological polar surface area (TPSA) is 137 Å². The average Bonchev–Trinajstić information content (AvgIpc) is 3.61. The molecule has 0 bridgehead atoms. The van der Waals surface area contributed by atoms with Crippen molar-refractivity contribution in [3.8, 4) is 0 Å². The fourth-order valence-electron chi connectivity index (χ4n) is 4.83. The molecular weight excluding hydrogens is 486 g/mol. The number of hydrogen-bond acceptors (Lipinski definition) is 8. The molecule has 2 saturated heterocycles. The maximum atomic E-state index is 12.1. The predicted molar refractivity (Wildman–Crippen MR) is 144 cm³/mol. The zero-order valence-electron chi connectivity index (χ0n) is 21.6. The lowest BCUT2D eigenvalue weighted by atomic mass is 10.2. The third-order valence-corrected chi connectivity index (χ3v) is 6.77. The van der Waals surface area contributed by atoms with E-state index in [4.69, 9.17) is 9.97 Å². The highest BCUT2D eigenvalue weighted by atomic mass is 16.2. The molecular formula is C26H33N9O3. The van der Waals surface area contributed by atoms with Gasteiger partial charge in [0.25, 0.3) is 0 Å². The normalized spacial score (nSPS) is 15.5. The number of anilines is 4. The van der Waals surface area contributed by atoms with Gasteiger partial charge in [-0.25, -0.2) is 4.98 Å². The Morgan fingerprint density at radius 2 is 1.61 bits per heavy atom. The van der Waals surface area contributed by atoms with Crippen molar-refractivity contribution >= 4 is 52.0 Å². The summed E-state index contributed by atoms with van der Waals surface area (Å²) >= 11 is 0. The number of rotatable bonds is 11. The highest BCUT2D eigenvalue weighted by Crippen LogP contribution is 2.25. The molecule has 2 aromatic heterocycles. The van der Waals surface area contributed by atoms with Crippen LogP contribution in [0, 0.1) is 0 Å². The van der Waals surface area contributed by atoms with Gasteiger partial charge in [-0.15, -0.1) is 0 Å². The predicted octanol–water partition coefficient (Wildman–Crippen LogP) is 2.58. The molecule has 5 rings (SSSR count). The van der Waals surface area contributed by atoms with Gasteiger partial charge in [-0.3, -0.25) is 14.4 Å². The number of benzene rings is 1. The summed E-state index contributed by atoms with van der Waals surface area (Å²) < 4.78 is 1.95.